The number of nitro benzene ring substituents is 2. The highest BCUT2D eigenvalue weighted by Crippen LogP contribution is 2.40. The highest BCUT2D eigenvalue weighted by atomic mass is 16.6. The number of nitro groups is 2. The van der Waals surface area contributed by atoms with Gasteiger partial charge >= 0.3 is 0 Å². The van der Waals surface area contributed by atoms with Crippen LogP contribution < -0.4 is 0 Å². The van der Waals surface area contributed by atoms with E-state index in [1.54, 1.807) is 36.4 Å². The van der Waals surface area contributed by atoms with Crippen LogP contribution >= 0.6 is 0 Å². The Kier molecular flexibility index (Phi) is 5.01. The van der Waals surface area contributed by atoms with Gasteiger partial charge in [-0.25, -0.2) is 0 Å². The van der Waals surface area contributed by atoms with Crippen LogP contribution in [0.5, 0.6) is 0 Å². The molecule has 0 radical (unpaired) electrons. The first kappa shape index (κ1) is 19.7. The lowest BCUT2D eigenvalue weighted by Crippen LogP contribution is -2.43. The maximum Gasteiger partial charge on any atom is 0.269 e. The van der Waals surface area contributed by atoms with Crippen molar-refractivity contribution in [3.05, 3.63) is 91.0 Å². The molecule has 2 bridgehead atoms. The van der Waals surface area contributed by atoms with E-state index < -0.39 is 9.85 Å². The highest BCUT2D eigenvalue weighted by Gasteiger charge is 2.44. The number of carbonyl (C=O) groups excluding carboxylic acids is 1. The molecule has 0 saturated carbocycles. The zero-order chi connectivity index (χ0) is 21.4. The molecule has 0 N–H and O–H groups in total. The Hall–Kier alpha value is -3.65. The van der Waals surface area contributed by atoms with E-state index in [9.17, 15) is 25.0 Å². The second kappa shape index (κ2) is 7.64. The molecule has 2 aliphatic heterocycles. The van der Waals surface area contributed by atoms with Crippen molar-refractivity contribution in [2.75, 3.05) is 7.05 Å². The molecular weight excluding hydrogens is 386 g/mol. The van der Waals surface area contributed by atoms with Gasteiger partial charge in [-0.15, -0.1) is 0 Å². The maximum atomic E-state index is 13.3. The second-order valence-electron chi connectivity index (χ2n) is 7.50. The molecule has 2 unspecified atom stereocenters. The summed E-state index contributed by atoms with van der Waals surface area (Å²) >= 11 is 0. The molecular formula is C22H19N3O5. The van der Waals surface area contributed by atoms with Crippen LogP contribution in [-0.4, -0.2) is 39.7 Å². The molecule has 2 aliphatic rings. The molecule has 0 amide bonds. The van der Waals surface area contributed by atoms with Crippen LogP contribution in [0.2, 0.25) is 0 Å². The molecule has 2 saturated heterocycles. The number of ketones is 1. The number of piperidine rings is 1. The lowest BCUT2D eigenvalue weighted by molar-refractivity contribution is -0.385. The first-order valence-electron chi connectivity index (χ1n) is 9.54. The van der Waals surface area contributed by atoms with Crippen molar-refractivity contribution in [1.82, 2.24) is 4.90 Å². The maximum absolute atomic E-state index is 13.3. The first-order chi connectivity index (χ1) is 14.3. The van der Waals surface area contributed by atoms with E-state index in [0.29, 0.717) is 11.1 Å². The summed E-state index contributed by atoms with van der Waals surface area (Å²) in [5, 5.41) is 21.7. The van der Waals surface area contributed by atoms with E-state index in [-0.39, 0.29) is 29.2 Å². The van der Waals surface area contributed by atoms with Gasteiger partial charge in [-0.2, -0.15) is 0 Å². The van der Waals surface area contributed by atoms with Crippen molar-refractivity contribution in [2.45, 2.75) is 24.9 Å². The predicted molar refractivity (Wildman–Crippen MR) is 112 cm³/mol. The van der Waals surface area contributed by atoms with Gasteiger partial charge < -0.3 is 0 Å². The van der Waals surface area contributed by atoms with E-state index >= 15 is 0 Å². The average molecular weight is 405 g/mol. The van der Waals surface area contributed by atoms with Gasteiger partial charge in [0.15, 0.2) is 5.78 Å². The zero-order valence-electron chi connectivity index (χ0n) is 16.2. The van der Waals surface area contributed by atoms with Crippen molar-refractivity contribution in [2.24, 2.45) is 0 Å². The van der Waals surface area contributed by atoms with Crippen LogP contribution in [-0.2, 0) is 4.79 Å². The topological polar surface area (TPSA) is 107 Å². The molecule has 30 heavy (non-hydrogen) atoms. The fourth-order valence-electron chi connectivity index (χ4n) is 4.23. The van der Waals surface area contributed by atoms with Gasteiger partial charge in [0.2, 0.25) is 0 Å². The molecule has 2 heterocycles. The fourth-order valence-corrected chi connectivity index (χ4v) is 4.23. The summed E-state index contributed by atoms with van der Waals surface area (Å²) in [6.45, 7) is 0. The van der Waals surface area contributed by atoms with Gasteiger partial charge in [0.1, 0.15) is 0 Å². The number of likely N-dealkylation sites (N-methyl/N-ethyl adjacent to an activating group) is 1. The second-order valence-corrected chi connectivity index (χ2v) is 7.50. The van der Waals surface area contributed by atoms with Crippen LogP contribution in [0.15, 0.2) is 59.7 Å². The lowest BCUT2D eigenvalue weighted by atomic mass is 9.88. The van der Waals surface area contributed by atoms with E-state index in [1.165, 1.54) is 24.3 Å². The quantitative estimate of drug-likeness (QED) is 0.432. The predicted octanol–water partition coefficient (Wildman–Crippen LogP) is 4.02. The summed E-state index contributed by atoms with van der Waals surface area (Å²) in [6, 6.07) is 12.3. The number of hydrogen-bond acceptors (Lipinski definition) is 6. The lowest BCUT2D eigenvalue weighted by Gasteiger charge is -2.34. The zero-order valence-corrected chi connectivity index (χ0v) is 16.2. The van der Waals surface area contributed by atoms with Crippen LogP contribution in [0.25, 0.3) is 12.2 Å². The number of benzene rings is 2. The minimum atomic E-state index is -0.455. The molecule has 8 nitrogen and oxygen atoms in total. The summed E-state index contributed by atoms with van der Waals surface area (Å²) in [7, 11) is 1.99. The number of fused-ring (bicyclic) bond motifs is 2. The van der Waals surface area contributed by atoms with E-state index in [2.05, 4.69) is 4.90 Å². The van der Waals surface area contributed by atoms with Crippen LogP contribution in [0.4, 0.5) is 11.4 Å². The summed E-state index contributed by atoms with van der Waals surface area (Å²) in [4.78, 5) is 36.3. The van der Waals surface area contributed by atoms with Crippen molar-refractivity contribution in [3.8, 4) is 0 Å². The van der Waals surface area contributed by atoms with Crippen molar-refractivity contribution >= 4 is 29.3 Å². The van der Waals surface area contributed by atoms with E-state index in [1.807, 2.05) is 7.05 Å². The van der Waals surface area contributed by atoms with Crippen LogP contribution in [0.1, 0.15) is 24.0 Å². The minimum Gasteiger partial charge on any atom is -0.292 e. The number of carbonyl (C=O) groups is 1. The number of rotatable bonds is 4. The van der Waals surface area contributed by atoms with Crippen molar-refractivity contribution in [3.63, 3.8) is 0 Å². The Morgan fingerprint density at radius 2 is 1.17 bits per heavy atom. The Morgan fingerprint density at radius 1 is 0.800 bits per heavy atom. The SMILES string of the molecule is CN1C2CCC1C(=Cc1ccc([N+](=O)[O-])cc1)C(=O)C2=Cc1ccc([N+](=O)[O-])cc1. The van der Waals surface area contributed by atoms with Crippen molar-refractivity contribution in [1.29, 1.82) is 0 Å². The standard InChI is InChI=1S/C22H19N3O5/c1-23-20-10-11-21(23)19(13-15-4-8-17(9-5-15)25(29)30)22(26)18(20)12-14-2-6-16(7-3-14)24(27)28/h2-9,12-13,20-21H,10-11H2,1H3. The molecule has 2 fully saturated rings. The summed E-state index contributed by atoms with van der Waals surface area (Å²) in [5.41, 5.74) is 2.80. The summed E-state index contributed by atoms with van der Waals surface area (Å²) < 4.78 is 0. The van der Waals surface area contributed by atoms with Crippen LogP contribution in [0.3, 0.4) is 0 Å². The van der Waals surface area contributed by atoms with Crippen LogP contribution in [0, 0.1) is 20.2 Å². The van der Waals surface area contributed by atoms with Gasteiger partial charge in [0.05, 0.1) is 9.85 Å². The Bertz CT molecular complexity index is 1000. The number of Topliss-reactive ketones (excluding diaryl/α,β-unsaturated/α-hetero) is 1. The third kappa shape index (κ3) is 3.53. The van der Waals surface area contributed by atoms with Gasteiger partial charge in [-0.05, 0) is 67.4 Å². The summed E-state index contributed by atoms with van der Waals surface area (Å²) in [6.07, 6.45) is 5.31. The molecule has 2 aromatic rings. The molecule has 2 atom stereocenters. The van der Waals surface area contributed by atoms with E-state index in [4.69, 9.17) is 0 Å². The first-order valence-corrected chi connectivity index (χ1v) is 9.54. The number of nitrogens with zero attached hydrogens (tertiary/aromatic N) is 3. The molecule has 0 spiro atoms. The monoisotopic (exact) mass is 405 g/mol. The Balaban J connectivity index is 1.70. The van der Waals surface area contributed by atoms with Crippen molar-refractivity contribution < 1.29 is 14.6 Å². The Labute approximate surface area is 172 Å². The molecule has 8 heteroatoms. The molecule has 152 valence electrons. The number of non-ortho nitro benzene ring substituents is 2. The molecule has 0 aliphatic carbocycles. The van der Waals surface area contributed by atoms with Gasteiger partial charge in [-0.1, -0.05) is 0 Å². The van der Waals surface area contributed by atoms with Gasteiger partial charge in [0.25, 0.3) is 11.4 Å². The third-order valence-corrected chi connectivity index (χ3v) is 5.79. The largest absolute Gasteiger partial charge is 0.292 e. The smallest absolute Gasteiger partial charge is 0.269 e. The molecule has 0 aromatic heterocycles. The van der Waals surface area contributed by atoms with Gasteiger partial charge in [0, 0.05) is 47.5 Å². The third-order valence-electron chi connectivity index (χ3n) is 5.79. The fraction of sp³-hybridized carbons (Fsp3) is 0.227. The summed E-state index contributed by atoms with van der Waals surface area (Å²) in [5.74, 6) is -0.0442. The highest BCUT2D eigenvalue weighted by molar-refractivity contribution is 6.16. The molecule has 4 rings (SSSR count). The number of hydrogen-bond donors (Lipinski definition) is 0. The molecule has 2 aromatic carbocycles. The minimum absolute atomic E-state index is 0.00363. The van der Waals surface area contributed by atoms with E-state index in [0.717, 1.165) is 24.0 Å². The van der Waals surface area contributed by atoms with Gasteiger partial charge in [-0.3, -0.25) is 29.9 Å². The normalized spacial score (nSPS) is 23.8. The Morgan fingerprint density at radius 3 is 1.50 bits per heavy atom. The average Bonchev–Trinajstić information content (AvgIpc) is 3.04.